The van der Waals surface area contributed by atoms with Gasteiger partial charge in [-0.3, -0.25) is 4.90 Å². The zero-order valence-electron chi connectivity index (χ0n) is 17.8. The highest BCUT2D eigenvalue weighted by Crippen LogP contribution is 2.28. The van der Waals surface area contributed by atoms with E-state index >= 15 is 0 Å². The second-order valence-electron chi connectivity index (χ2n) is 8.70. The Bertz CT molecular complexity index is 977. The maximum atomic E-state index is 9.82. The number of aliphatic hydroxyl groups excluding tert-OH is 1. The molecule has 3 aromatic rings. The van der Waals surface area contributed by atoms with E-state index in [4.69, 9.17) is 4.98 Å². The van der Waals surface area contributed by atoms with Gasteiger partial charge in [-0.1, -0.05) is 17.8 Å². The van der Waals surface area contributed by atoms with Crippen molar-refractivity contribution in [2.75, 3.05) is 23.7 Å². The van der Waals surface area contributed by atoms with Crippen LogP contribution in [0, 0.1) is 0 Å². The number of piperidine rings is 1. The van der Waals surface area contributed by atoms with Gasteiger partial charge in [0.05, 0.1) is 6.10 Å². The lowest BCUT2D eigenvalue weighted by molar-refractivity contribution is 0.126. The van der Waals surface area contributed by atoms with E-state index in [1.165, 1.54) is 24.8 Å². The Hall–Kier alpha value is -2.29. The Morgan fingerprint density at radius 3 is 2.65 bits per heavy atom. The summed E-state index contributed by atoms with van der Waals surface area (Å²) in [4.78, 5) is 17.4. The predicted molar refractivity (Wildman–Crippen MR) is 126 cm³/mol. The fraction of sp³-hybridized carbons (Fsp3) is 0.522. The highest BCUT2D eigenvalue weighted by atomic mass is 32.1. The number of likely N-dealkylation sites (tertiary alicyclic amines) is 1. The standard InChI is InChI=1S/C23H30N6OS/c30-18-8-6-17(7-9-18)25-20-13-16(15-29-11-2-1-3-12-29)14-21(27-20)28-23-26-19-5-4-10-24-22(19)31-23/h4-5,10,13-14,17-18,30H,1-3,6-9,11-12,15H2,(H2,25,26,27,28). The van der Waals surface area contributed by atoms with Gasteiger partial charge in [-0.05, 0) is 81.4 Å². The van der Waals surface area contributed by atoms with E-state index < -0.39 is 0 Å². The molecular formula is C23H30N6OS. The SMILES string of the molecule is OC1CCC(Nc2cc(CN3CCCCC3)cc(Nc3nc4cccnc4s3)n2)CC1. The van der Waals surface area contributed by atoms with Gasteiger partial charge in [0.25, 0.3) is 0 Å². The molecule has 0 bridgehead atoms. The number of thiazole rings is 1. The van der Waals surface area contributed by atoms with Gasteiger partial charge in [-0.2, -0.15) is 0 Å². The average molecular weight is 439 g/mol. The summed E-state index contributed by atoms with van der Waals surface area (Å²) in [5.41, 5.74) is 2.16. The van der Waals surface area contributed by atoms with Gasteiger partial charge in [0, 0.05) is 18.8 Å². The number of aromatic nitrogens is 3. The Balaban J connectivity index is 1.37. The van der Waals surface area contributed by atoms with Gasteiger partial charge in [0.2, 0.25) is 0 Å². The molecule has 0 amide bonds. The molecule has 1 saturated heterocycles. The van der Waals surface area contributed by atoms with Crippen LogP contribution in [0.5, 0.6) is 0 Å². The molecule has 0 spiro atoms. The van der Waals surface area contributed by atoms with Crippen molar-refractivity contribution in [1.29, 1.82) is 0 Å². The molecule has 2 fully saturated rings. The minimum absolute atomic E-state index is 0.152. The van der Waals surface area contributed by atoms with Crippen LogP contribution in [0.1, 0.15) is 50.5 Å². The predicted octanol–water partition coefficient (Wildman–Crippen LogP) is 4.53. The average Bonchev–Trinajstić information content (AvgIpc) is 3.18. The van der Waals surface area contributed by atoms with Crippen molar-refractivity contribution >= 4 is 38.5 Å². The molecule has 31 heavy (non-hydrogen) atoms. The second-order valence-corrected chi connectivity index (χ2v) is 9.68. The smallest absolute Gasteiger partial charge is 0.190 e. The van der Waals surface area contributed by atoms with Crippen molar-refractivity contribution < 1.29 is 5.11 Å². The Morgan fingerprint density at radius 2 is 1.84 bits per heavy atom. The summed E-state index contributed by atoms with van der Waals surface area (Å²) in [6.45, 7) is 3.27. The normalized spacial score (nSPS) is 22.5. The molecule has 0 radical (unpaired) electrons. The number of hydrogen-bond acceptors (Lipinski definition) is 8. The van der Waals surface area contributed by atoms with Gasteiger partial charge in [-0.25, -0.2) is 15.0 Å². The third-order valence-electron chi connectivity index (χ3n) is 6.19. The Kier molecular flexibility index (Phi) is 6.29. The van der Waals surface area contributed by atoms with Crippen molar-refractivity contribution in [2.45, 2.75) is 63.6 Å². The van der Waals surface area contributed by atoms with E-state index in [1.807, 2.05) is 12.1 Å². The second kappa shape index (κ2) is 9.46. The molecule has 5 rings (SSSR count). The van der Waals surface area contributed by atoms with Crippen molar-refractivity contribution in [3.63, 3.8) is 0 Å². The molecule has 0 atom stereocenters. The van der Waals surface area contributed by atoms with Crippen LogP contribution in [-0.4, -0.2) is 50.2 Å². The molecule has 8 heteroatoms. The van der Waals surface area contributed by atoms with E-state index in [1.54, 1.807) is 17.5 Å². The maximum absolute atomic E-state index is 9.82. The Morgan fingerprint density at radius 1 is 1.03 bits per heavy atom. The molecule has 164 valence electrons. The summed E-state index contributed by atoms with van der Waals surface area (Å²) in [5, 5.41) is 17.7. The molecule has 3 aromatic heterocycles. The summed E-state index contributed by atoms with van der Waals surface area (Å²) in [5.74, 6) is 1.71. The molecule has 7 nitrogen and oxygen atoms in total. The van der Waals surface area contributed by atoms with Crippen molar-refractivity contribution in [2.24, 2.45) is 0 Å². The number of aliphatic hydroxyl groups is 1. The first kappa shape index (κ1) is 20.6. The largest absolute Gasteiger partial charge is 0.393 e. The topological polar surface area (TPSA) is 86.2 Å². The van der Waals surface area contributed by atoms with Crippen LogP contribution in [0.2, 0.25) is 0 Å². The zero-order chi connectivity index (χ0) is 21.0. The molecule has 1 aliphatic carbocycles. The summed E-state index contributed by atoms with van der Waals surface area (Å²) in [7, 11) is 0. The van der Waals surface area contributed by atoms with Crippen LogP contribution in [0.4, 0.5) is 16.8 Å². The van der Waals surface area contributed by atoms with Crippen molar-refractivity contribution in [3.8, 4) is 0 Å². The minimum atomic E-state index is -0.152. The van der Waals surface area contributed by atoms with Crippen LogP contribution in [0.25, 0.3) is 10.3 Å². The lowest BCUT2D eigenvalue weighted by Crippen LogP contribution is -2.30. The number of nitrogens with one attached hydrogen (secondary N) is 2. The number of fused-ring (bicyclic) bond motifs is 1. The quantitative estimate of drug-likeness (QED) is 0.521. The monoisotopic (exact) mass is 438 g/mol. The molecule has 1 aliphatic heterocycles. The summed E-state index contributed by atoms with van der Waals surface area (Å²) in [6, 6.07) is 8.58. The molecule has 4 heterocycles. The molecular weight excluding hydrogens is 408 g/mol. The van der Waals surface area contributed by atoms with Crippen LogP contribution >= 0.6 is 11.3 Å². The lowest BCUT2D eigenvalue weighted by atomic mass is 9.93. The van der Waals surface area contributed by atoms with Gasteiger partial charge < -0.3 is 15.7 Å². The van der Waals surface area contributed by atoms with Gasteiger partial charge in [0.1, 0.15) is 22.0 Å². The molecule has 2 aliphatic rings. The lowest BCUT2D eigenvalue weighted by Gasteiger charge is -2.28. The highest BCUT2D eigenvalue weighted by Gasteiger charge is 2.20. The van der Waals surface area contributed by atoms with Crippen LogP contribution in [-0.2, 0) is 6.54 Å². The van der Waals surface area contributed by atoms with Gasteiger partial charge in [-0.15, -0.1) is 0 Å². The molecule has 0 aromatic carbocycles. The third kappa shape index (κ3) is 5.31. The van der Waals surface area contributed by atoms with Crippen LogP contribution in [0.15, 0.2) is 30.5 Å². The Labute approximate surface area is 186 Å². The highest BCUT2D eigenvalue weighted by molar-refractivity contribution is 7.21. The number of anilines is 3. The summed E-state index contributed by atoms with van der Waals surface area (Å²) in [6.07, 6.45) is 9.22. The maximum Gasteiger partial charge on any atom is 0.190 e. The van der Waals surface area contributed by atoms with Crippen molar-refractivity contribution in [1.82, 2.24) is 19.9 Å². The van der Waals surface area contributed by atoms with Crippen LogP contribution < -0.4 is 10.6 Å². The van der Waals surface area contributed by atoms with E-state index in [9.17, 15) is 5.11 Å². The van der Waals surface area contributed by atoms with Crippen molar-refractivity contribution in [3.05, 3.63) is 36.0 Å². The minimum Gasteiger partial charge on any atom is -0.393 e. The summed E-state index contributed by atoms with van der Waals surface area (Å²) < 4.78 is 0. The first-order chi connectivity index (χ1) is 15.2. The number of hydrogen-bond donors (Lipinski definition) is 3. The van der Waals surface area contributed by atoms with Crippen LogP contribution in [0.3, 0.4) is 0 Å². The molecule has 1 saturated carbocycles. The van der Waals surface area contributed by atoms with E-state index in [-0.39, 0.29) is 6.10 Å². The number of nitrogens with zero attached hydrogens (tertiary/aromatic N) is 4. The molecule has 3 N–H and O–H groups in total. The van der Waals surface area contributed by atoms with E-state index in [2.05, 4.69) is 37.6 Å². The molecule has 0 unspecified atom stereocenters. The number of pyridine rings is 2. The fourth-order valence-electron chi connectivity index (χ4n) is 4.55. The first-order valence-electron chi connectivity index (χ1n) is 11.4. The zero-order valence-corrected chi connectivity index (χ0v) is 18.6. The van der Waals surface area contributed by atoms with Gasteiger partial charge in [0.15, 0.2) is 5.13 Å². The third-order valence-corrected chi connectivity index (χ3v) is 7.08. The van der Waals surface area contributed by atoms with Gasteiger partial charge >= 0.3 is 0 Å². The summed E-state index contributed by atoms with van der Waals surface area (Å²) >= 11 is 1.54. The van der Waals surface area contributed by atoms with E-state index in [0.717, 1.165) is 72.4 Å². The first-order valence-corrected chi connectivity index (χ1v) is 12.2. The number of rotatable bonds is 6. The van der Waals surface area contributed by atoms with E-state index in [0.29, 0.717) is 6.04 Å². The fourth-order valence-corrected chi connectivity index (χ4v) is 5.37.